The zero-order chi connectivity index (χ0) is 9.84. The van der Waals surface area contributed by atoms with Gasteiger partial charge < -0.3 is 5.11 Å². The van der Waals surface area contributed by atoms with Gasteiger partial charge in [0.25, 0.3) is 0 Å². The molecular weight excluding hydrogens is 182 g/mol. The van der Waals surface area contributed by atoms with Crippen molar-refractivity contribution >= 4 is 11.3 Å². The molecule has 0 aliphatic carbocycles. The number of aliphatic hydroxyl groups is 1. The fraction of sp³-hybridized carbons (Fsp3) is 0.500. The predicted molar refractivity (Wildman–Crippen MR) is 55.9 cm³/mol. The van der Waals surface area contributed by atoms with E-state index in [9.17, 15) is 5.11 Å². The number of rotatable bonds is 3. The molecule has 72 valence electrons. The van der Waals surface area contributed by atoms with Crippen molar-refractivity contribution in [2.75, 3.05) is 0 Å². The summed E-state index contributed by atoms with van der Waals surface area (Å²) in [5.41, 5.74) is 1.11. The molecule has 2 nitrogen and oxygen atoms in total. The summed E-state index contributed by atoms with van der Waals surface area (Å²) in [4.78, 5) is 5.38. The van der Waals surface area contributed by atoms with E-state index in [-0.39, 0.29) is 0 Å². The molecule has 0 saturated heterocycles. The summed E-state index contributed by atoms with van der Waals surface area (Å²) in [5, 5.41) is 10.5. The van der Waals surface area contributed by atoms with Gasteiger partial charge in [-0.3, -0.25) is 0 Å². The lowest BCUT2D eigenvalue weighted by Crippen LogP contribution is -1.91. The first-order chi connectivity index (χ1) is 6.13. The molecule has 0 aliphatic rings. The average molecular weight is 197 g/mol. The van der Waals surface area contributed by atoms with Gasteiger partial charge in [0.15, 0.2) is 0 Å². The Hall–Kier alpha value is -0.670. The predicted octanol–water partition coefficient (Wildman–Crippen LogP) is 2.71. The molecule has 1 atom stereocenters. The summed E-state index contributed by atoms with van der Waals surface area (Å²) >= 11 is 1.58. The summed E-state index contributed by atoms with van der Waals surface area (Å²) in [7, 11) is 0. The maximum atomic E-state index is 9.67. The molecule has 1 aromatic rings. The highest BCUT2D eigenvalue weighted by Crippen LogP contribution is 2.22. The normalized spacial score (nSPS) is 12.6. The highest BCUT2D eigenvalue weighted by atomic mass is 32.1. The van der Waals surface area contributed by atoms with E-state index in [1.807, 2.05) is 26.1 Å². The van der Waals surface area contributed by atoms with Crippen LogP contribution in [0.15, 0.2) is 17.8 Å². The molecule has 0 spiro atoms. The number of aliphatic hydroxyl groups excluding tert-OH is 1. The minimum Gasteiger partial charge on any atom is -0.382 e. The molecule has 0 saturated carbocycles. The number of hydrogen-bond donors (Lipinski definition) is 1. The first-order valence-corrected chi connectivity index (χ1v) is 5.22. The first-order valence-electron chi connectivity index (χ1n) is 4.41. The third-order valence-corrected chi connectivity index (χ3v) is 2.88. The molecule has 0 fully saturated rings. The van der Waals surface area contributed by atoms with Gasteiger partial charge in [-0.05, 0) is 20.3 Å². The summed E-state index contributed by atoms with van der Waals surface area (Å²) in [6, 6.07) is 0. The number of allylic oxidation sites excluding steroid dienone is 1. The molecule has 0 bridgehead atoms. The molecule has 1 unspecified atom stereocenters. The van der Waals surface area contributed by atoms with Crippen molar-refractivity contribution in [1.29, 1.82) is 0 Å². The van der Waals surface area contributed by atoms with Crippen LogP contribution < -0.4 is 0 Å². The Morgan fingerprint density at radius 2 is 2.38 bits per heavy atom. The number of hydrogen-bond acceptors (Lipinski definition) is 3. The summed E-state index contributed by atoms with van der Waals surface area (Å²) in [6.07, 6.45) is 4.11. The SMILES string of the molecule is CCc1cnc(C(O)C=C(C)C)s1. The smallest absolute Gasteiger partial charge is 0.125 e. The van der Waals surface area contributed by atoms with Crippen LogP contribution >= 0.6 is 11.3 Å². The Labute approximate surface area is 83.0 Å². The maximum absolute atomic E-state index is 9.67. The summed E-state index contributed by atoms with van der Waals surface area (Å²) < 4.78 is 0. The van der Waals surface area contributed by atoms with Crippen molar-refractivity contribution in [1.82, 2.24) is 4.98 Å². The van der Waals surface area contributed by atoms with E-state index in [4.69, 9.17) is 0 Å². The highest BCUT2D eigenvalue weighted by Gasteiger charge is 2.08. The van der Waals surface area contributed by atoms with Crippen LogP contribution in [0.2, 0.25) is 0 Å². The van der Waals surface area contributed by atoms with Crippen LogP contribution in [0.25, 0.3) is 0 Å². The summed E-state index contributed by atoms with van der Waals surface area (Å²) in [6.45, 7) is 6.03. The van der Waals surface area contributed by atoms with Crippen molar-refractivity contribution < 1.29 is 5.11 Å². The molecule has 1 N–H and O–H groups in total. The topological polar surface area (TPSA) is 33.1 Å². The van der Waals surface area contributed by atoms with Gasteiger partial charge in [0.05, 0.1) is 0 Å². The lowest BCUT2D eigenvalue weighted by Gasteiger charge is -2.00. The Bertz CT molecular complexity index is 300. The molecule has 1 rings (SSSR count). The van der Waals surface area contributed by atoms with Gasteiger partial charge >= 0.3 is 0 Å². The van der Waals surface area contributed by atoms with Crippen molar-refractivity contribution in [2.24, 2.45) is 0 Å². The zero-order valence-corrected chi connectivity index (χ0v) is 9.06. The Kier molecular flexibility index (Phi) is 3.63. The van der Waals surface area contributed by atoms with Gasteiger partial charge in [-0.25, -0.2) is 4.98 Å². The highest BCUT2D eigenvalue weighted by molar-refractivity contribution is 7.11. The lowest BCUT2D eigenvalue weighted by atomic mass is 10.2. The molecule has 0 amide bonds. The van der Waals surface area contributed by atoms with Crippen molar-refractivity contribution in [3.05, 3.63) is 27.7 Å². The van der Waals surface area contributed by atoms with Crippen LogP contribution in [0.1, 0.15) is 36.8 Å². The van der Waals surface area contributed by atoms with Crippen molar-refractivity contribution in [2.45, 2.75) is 33.3 Å². The fourth-order valence-corrected chi connectivity index (χ4v) is 1.82. The number of thiazole rings is 1. The van der Waals surface area contributed by atoms with Gasteiger partial charge in [-0.1, -0.05) is 18.6 Å². The van der Waals surface area contributed by atoms with Crippen LogP contribution in [-0.4, -0.2) is 10.1 Å². The van der Waals surface area contributed by atoms with Crippen LogP contribution in [-0.2, 0) is 6.42 Å². The molecule has 13 heavy (non-hydrogen) atoms. The van der Waals surface area contributed by atoms with E-state index >= 15 is 0 Å². The molecule has 1 aromatic heterocycles. The fourth-order valence-electron chi connectivity index (χ4n) is 1.01. The van der Waals surface area contributed by atoms with Crippen molar-refractivity contribution in [3.8, 4) is 0 Å². The van der Waals surface area contributed by atoms with Gasteiger partial charge in [-0.2, -0.15) is 0 Å². The average Bonchev–Trinajstić information content (AvgIpc) is 2.50. The monoisotopic (exact) mass is 197 g/mol. The van der Waals surface area contributed by atoms with Gasteiger partial charge in [0, 0.05) is 11.1 Å². The van der Waals surface area contributed by atoms with Gasteiger partial charge in [0.2, 0.25) is 0 Å². The zero-order valence-electron chi connectivity index (χ0n) is 8.24. The first kappa shape index (κ1) is 10.4. The van der Waals surface area contributed by atoms with Crippen molar-refractivity contribution in [3.63, 3.8) is 0 Å². The molecule has 0 aliphatic heterocycles. The number of aromatic nitrogens is 1. The minimum absolute atomic E-state index is 0.532. The summed E-state index contributed by atoms with van der Waals surface area (Å²) in [5.74, 6) is 0. The molecular formula is C10H15NOS. The number of nitrogens with zero attached hydrogens (tertiary/aromatic N) is 1. The largest absolute Gasteiger partial charge is 0.382 e. The van der Waals surface area contributed by atoms with Crippen LogP contribution in [0.4, 0.5) is 0 Å². The Morgan fingerprint density at radius 3 is 2.85 bits per heavy atom. The van der Waals surface area contributed by atoms with E-state index in [0.29, 0.717) is 0 Å². The second kappa shape index (κ2) is 4.53. The standard InChI is InChI=1S/C10H15NOS/c1-4-8-6-11-10(13-8)9(12)5-7(2)3/h5-6,9,12H,4H2,1-3H3. The molecule has 0 radical (unpaired) electrons. The second-order valence-corrected chi connectivity index (χ2v) is 4.35. The Balaban J connectivity index is 2.77. The van der Waals surface area contributed by atoms with E-state index in [1.54, 1.807) is 11.3 Å². The van der Waals surface area contributed by atoms with Crippen LogP contribution in [0.3, 0.4) is 0 Å². The molecule has 1 heterocycles. The third-order valence-electron chi connectivity index (χ3n) is 1.66. The van der Waals surface area contributed by atoms with Crippen LogP contribution in [0, 0.1) is 0 Å². The van der Waals surface area contributed by atoms with Gasteiger partial charge in [0.1, 0.15) is 11.1 Å². The quantitative estimate of drug-likeness (QED) is 0.756. The van der Waals surface area contributed by atoms with Crippen LogP contribution in [0.5, 0.6) is 0 Å². The van der Waals surface area contributed by atoms with E-state index in [0.717, 1.165) is 17.0 Å². The lowest BCUT2D eigenvalue weighted by molar-refractivity contribution is 0.227. The second-order valence-electron chi connectivity index (χ2n) is 3.21. The van der Waals surface area contributed by atoms with E-state index < -0.39 is 6.10 Å². The maximum Gasteiger partial charge on any atom is 0.125 e. The Morgan fingerprint density at radius 1 is 1.69 bits per heavy atom. The van der Waals surface area contributed by atoms with E-state index in [1.165, 1.54) is 4.88 Å². The number of aryl methyl sites for hydroxylation is 1. The minimum atomic E-state index is -0.532. The van der Waals surface area contributed by atoms with E-state index in [2.05, 4.69) is 11.9 Å². The van der Waals surface area contributed by atoms with Gasteiger partial charge in [-0.15, -0.1) is 11.3 Å². The molecule has 3 heteroatoms. The third kappa shape index (κ3) is 2.94. The molecule has 0 aromatic carbocycles.